The van der Waals surface area contributed by atoms with Crippen molar-refractivity contribution in [3.63, 3.8) is 0 Å². The lowest BCUT2D eigenvalue weighted by Crippen LogP contribution is -2.23. The van der Waals surface area contributed by atoms with E-state index in [-0.39, 0.29) is 17.5 Å². The van der Waals surface area contributed by atoms with E-state index in [1.165, 1.54) is 0 Å². The second kappa shape index (κ2) is 6.67. The predicted octanol–water partition coefficient (Wildman–Crippen LogP) is 2.76. The molecule has 0 radical (unpaired) electrons. The molecule has 0 bridgehead atoms. The summed E-state index contributed by atoms with van der Waals surface area (Å²) in [7, 11) is 3.78. The molecule has 0 aliphatic heterocycles. The fraction of sp³-hybridized carbons (Fsp3) is 0.750. The minimum atomic E-state index is -4.37. The zero-order valence-corrected chi connectivity index (χ0v) is 12.5. The summed E-state index contributed by atoms with van der Waals surface area (Å²) in [6.07, 6.45) is -3.83. The zero-order valence-electron chi connectivity index (χ0n) is 11.6. The van der Waals surface area contributed by atoms with E-state index in [2.05, 4.69) is 10.3 Å². The highest BCUT2D eigenvalue weighted by Crippen LogP contribution is 2.34. The van der Waals surface area contributed by atoms with E-state index in [9.17, 15) is 13.2 Å². The number of nitrogens with one attached hydrogen (secondary N) is 1. The van der Waals surface area contributed by atoms with Crippen molar-refractivity contribution < 1.29 is 13.2 Å². The Bertz CT molecular complexity index is 399. The molecule has 0 unspecified atom stereocenters. The van der Waals surface area contributed by atoms with Gasteiger partial charge in [-0.2, -0.15) is 13.2 Å². The summed E-state index contributed by atoms with van der Waals surface area (Å²) in [5, 5.41) is 3.56. The Labute approximate surface area is 115 Å². The Balaban J connectivity index is 2.86. The first-order chi connectivity index (χ1) is 8.70. The minimum Gasteiger partial charge on any atom is -0.310 e. The fourth-order valence-corrected chi connectivity index (χ4v) is 2.49. The van der Waals surface area contributed by atoms with Crippen LogP contribution < -0.4 is 5.32 Å². The highest BCUT2D eigenvalue weighted by Gasteiger charge is 2.37. The Morgan fingerprint density at radius 2 is 1.95 bits per heavy atom. The first-order valence-corrected chi connectivity index (χ1v) is 6.95. The molecule has 19 heavy (non-hydrogen) atoms. The molecule has 0 aliphatic rings. The van der Waals surface area contributed by atoms with Crippen molar-refractivity contribution in [1.29, 1.82) is 0 Å². The average Bonchev–Trinajstić information content (AvgIpc) is 2.66. The third-order valence-corrected chi connectivity index (χ3v) is 3.57. The number of nitrogens with zero attached hydrogens (tertiary/aromatic N) is 2. The van der Waals surface area contributed by atoms with E-state index in [4.69, 9.17) is 0 Å². The number of alkyl halides is 3. The molecule has 0 spiro atoms. The monoisotopic (exact) mass is 295 g/mol. The van der Waals surface area contributed by atoms with Gasteiger partial charge in [-0.1, -0.05) is 13.8 Å². The van der Waals surface area contributed by atoms with Crippen molar-refractivity contribution in [1.82, 2.24) is 15.2 Å². The van der Waals surface area contributed by atoms with Crippen LogP contribution in [-0.2, 0) is 19.1 Å². The quantitative estimate of drug-likeness (QED) is 0.874. The third-order valence-electron chi connectivity index (χ3n) is 2.45. The van der Waals surface area contributed by atoms with Crippen LogP contribution in [0.3, 0.4) is 0 Å². The lowest BCUT2D eigenvalue weighted by Gasteiger charge is -2.09. The maximum absolute atomic E-state index is 12.9. The van der Waals surface area contributed by atoms with Gasteiger partial charge in [0.25, 0.3) is 0 Å². The van der Waals surface area contributed by atoms with Gasteiger partial charge in [0.1, 0.15) is 0 Å². The normalized spacial score (nSPS) is 12.7. The number of likely N-dealkylation sites (N-methyl/N-ethyl adjacent to an activating group) is 1. The van der Waals surface area contributed by atoms with E-state index < -0.39 is 11.9 Å². The standard InChI is InChI=1S/C12H20F3N3S/c1-8(2)16-7-9-11(12(13,14)15)17-10(19-9)5-6-18(3)4/h8,16H,5-7H2,1-4H3. The lowest BCUT2D eigenvalue weighted by atomic mass is 10.3. The number of aromatic nitrogens is 1. The minimum absolute atomic E-state index is 0.147. The topological polar surface area (TPSA) is 28.2 Å². The van der Waals surface area contributed by atoms with Crippen molar-refractivity contribution in [2.75, 3.05) is 20.6 Å². The number of hydrogen-bond acceptors (Lipinski definition) is 4. The maximum Gasteiger partial charge on any atom is 0.434 e. The summed E-state index contributed by atoms with van der Waals surface area (Å²) in [5.74, 6) is 0. The van der Waals surface area contributed by atoms with Crippen LogP contribution in [0.2, 0.25) is 0 Å². The molecule has 7 heteroatoms. The van der Waals surface area contributed by atoms with Crippen LogP contribution in [0.5, 0.6) is 0 Å². The molecule has 0 fully saturated rings. The van der Waals surface area contributed by atoms with Gasteiger partial charge in [-0.3, -0.25) is 0 Å². The summed E-state index contributed by atoms with van der Waals surface area (Å²) >= 11 is 1.15. The Kier molecular flexibility index (Phi) is 5.76. The maximum atomic E-state index is 12.9. The smallest absolute Gasteiger partial charge is 0.310 e. The van der Waals surface area contributed by atoms with Gasteiger partial charge in [0.05, 0.1) is 9.88 Å². The average molecular weight is 295 g/mol. The van der Waals surface area contributed by atoms with Gasteiger partial charge < -0.3 is 10.2 Å². The highest BCUT2D eigenvalue weighted by atomic mass is 32.1. The van der Waals surface area contributed by atoms with Crippen molar-refractivity contribution in [2.24, 2.45) is 0 Å². The predicted molar refractivity (Wildman–Crippen MR) is 71.3 cm³/mol. The van der Waals surface area contributed by atoms with Crippen LogP contribution in [0.1, 0.15) is 29.4 Å². The Morgan fingerprint density at radius 1 is 1.32 bits per heavy atom. The molecule has 1 aromatic rings. The zero-order chi connectivity index (χ0) is 14.6. The number of halogens is 3. The van der Waals surface area contributed by atoms with E-state index in [1.54, 1.807) is 0 Å². The lowest BCUT2D eigenvalue weighted by molar-refractivity contribution is -0.141. The van der Waals surface area contributed by atoms with Gasteiger partial charge in [0, 0.05) is 25.6 Å². The largest absolute Gasteiger partial charge is 0.434 e. The summed E-state index contributed by atoms with van der Waals surface area (Å²) in [4.78, 5) is 5.96. The van der Waals surface area contributed by atoms with Crippen LogP contribution in [0.25, 0.3) is 0 Å². The molecule has 3 nitrogen and oxygen atoms in total. The second-order valence-electron chi connectivity index (χ2n) is 4.97. The van der Waals surface area contributed by atoms with Crippen molar-refractivity contribution in [2.45, 2.75) is 39.0 Å². The van der Waals surface area contributed by atoms with E-state index >= 15 is 0 Å². The molecule has 1 N–H and O–H groups in total. The third kappa shape index (κ3) is 5.46. The molecular weight excluding hydrogens is 275 g/mol. The first kappa shape index (κ1) is 16.4. The molecule has 0 atom stereocenters. The molecule has 1 rings (SSSR count). The van der Waals surface area contributed by atoms with Crippen molar-refractivity contribution in [3.05, 3.63) is 15.6 Å². The molecule has 1 heterocycles. The van der Waals surface area contributed by atoms with Crippen LogP contribution >= 0.6 is 11.3 Å². The highest BCUT2D eigenvalue weighted by molar-refractivity contribution is 7.11. The number of hydrogen-bond donors (Lipinski definition) is 1. The number of rotatable bonds is 6. The summed E-state index contributed by atoms with van der Waals surface area (Å²) in [5.41, 5.74) is -0.737. The van der Waals surface area contributed by atoms with E-state index in [0.29, 0.717) is 18.0 Å². The molecule has 1 aromatic heterocycles. The van der Waals surface area contributed by atoms with E-state index in [1.807, 2.05) is 32.8 Å². The fourth-order valence-electron chi connectivity index (χ4n) is 1.46. The molecule has 0 saturated carbocycles. The van der Waals surface area contributed by atoms with Gasteiger partial charge >= 0.3 is 6.18 Å². The first-order valence-electron chi connectivity index (χ1n) is 6.14. The second-order valence-corrected chi connectivity index (χ2v) is 6.13. The van der Waals surface area contributed by atoms with E-state index in [0.717, 1.165) is 11.3 Å². The van der Waals surface area contributed by atoms with Gasteiger partial charge in [0.15, 0.2) is 5.69 Å². The number of thiazole rings is 1. The van der Waals surface area contributed by atoms with Gasteiger partial charge in [-0.15, -0.1) is 11.3 Å². The molecule has 0 amide bonds. The molecule has 0 aromatic carbocycles. The SMILES string of the molecule is CC(C)NCc1sc(CCN(C)C)nc1C(F)(F)F. The molecule has 0 aliphatic carbocycles. The van der Waals surface area contributed by atoms with Crippen molar-refractivity contribution >= 4 is 11.3 Å². The molecule has 0 saturated heterocycles. The Morgan fingerprint density at radius 3 is 2.42 bits per heavy atom. The summed E-state index contributed by atoms with van der Waals surface area (Å²) in [6, 6.07) is 0.147. The Hall–Kier alpha value is -0.660. The molecule has 110 valence electrons. The molecular formula is C12H20F3N3S. The summed E-state index contributed by atoms with van der Waals surface area (Å²) < 4.78 is 38.7. The van der Waals surface area contributed by atoms with Gasteiger partial charge in [-0.05, 0) is 14.1 Å². The van der Waals surface area contributed by atoms with Gasteiger partial charge in [0.2, 0.25) is 0 Å². The van der Waals surface area contributed by atoms with Crippen LogP contribution in [0.15, 0.2) is 0 Å². The van der Waals surface area contributed by atoms with Crippen LogP contribution in [0, 0.1) is 0 Å². The van der Waals surface area contributed by atoms with Crippen molar-refractivity contribution in [3.8, 4) is 0 Å². The van der Waals surface area contributed by atoms with Crippen LogP contribution in [-0.4, -0.2) is 36.6 Å². The van der Waals surface area contributed by atoms with Gasteiger partial charge in [-0.25, -0.2) is 4.98 Å². The summed E-state index contributed by atoms with van der Waals surface area (Å²) in [6.45, 7) is 4.72. The van der Waals surface area contributed by atoms with Crippen LogP contribution in [0.4, 0.5) is 13.2 Å².